The summed E-state index contributed by atoms with van der Waals surface area (Å²) < 4.78 is 129. The summed E-state index contributed by atoms with van der Waals surface area (Å²) in [6, 6.07) is 36.3. The van der Waals surface area contributed by atoms with Crippen molar-refractivity contribution in [3.8, 4) is 11.1 Å². The quantitative estimate of drug-likeness (QED) is 0.144. The fourth-order valence-corrected chi connectivity index (χ4v) is 11.6. The van der Waals surface area contributed by atoms with Gasteiger partial charge in [0.15, 0.2) is 0 Å². The maximum Gasteiger partial charge on any atom is 0.131 e. The zero-order valence-electron chi connectivity index (χ0n) is 67.4. The molecule has 4 aliphatic rings. The highest BCUT2D eigenvalue weighted by molar-refractivity contribution is 5.65. The lowest BCUT2D eigenvalue weighted by Gasteiger charge is -2.22. The second-order valence-electron chi connectivity index (χ2n) is 31.1. The number of benzene rings is 8. The van der Waals surface area contributed by atoms with Gasteiger partial charge in [-0.3, -0.25) is 0 Å². The normalized spacial score (nSPS) is 18.1. The Balaban J connectivity index is -0.000000369. The number of halogens is 10. The molecule has 4 fully saturated rings. The number of hydrogen-bond donors (Lipinski definition) is 0. The summed E-state index contributed by atoms with van der Waals surface area (Å²) in [4.78, 5) is 0. The summed E-state index contributed by atoms with van der Waals surface area (Å²) in [6.45, 7) is 43.3. The molecule has 0 amide bonds. The Labute approximate surface area is 668 Å². The van der Waals surface area contributed by atoms with Gasteiger partial charge in [-0.2, -0.15) is 0 Å². The first-order valence-corrected chi connectivity index (χ1v) is 38.0. The van der Waals surface area contributed by atoms with Crippen LogP contribution in [0.1, 0.15) is 281 Å². The van der Waals surface area contributed by atoms with Crippen molar-refractivity contribution in [2.75, 3.05) is 0 Å². The van der Waals surface area contributed by atoms with Crippen molar-refractivity contribution in [2.24, 2.45) is 47.3 Å². The molecule has 0 spiro atoms. The van der Waals surface area contributed by atoms with E-state index in [9.17, 15) is 43.9 Å². The van der Waals surface area contributed by atoms with E-state index in [1.54, 1.807) is 65.8 Å². The number of rotatable bonds is 1. The van der Waals surface area contributed by atoms with Gasteiger partial charge in [0.1, 0.15) is 58.2 Å². The average molecular weight is 1540 g/mol. The molecule has 0 aromatic heterocycles. The van der Waals surface area contributed by atoms with Crippen molar-refractivity contribution >= 4 is 0 Å². The van der Waals surface area contributed by atoms with Gasteiger partial charge in [-0.05, 0) is 261 Å². The van der Waals surface area contributed by atoms with Crippen LogP contribution in [0.5, 0.6) is 0 Å². The Hall–Kier alpha value is -6.94. The van der Waals surface area contributed by atoms with E-state index in [0.717, 1.165) is 81.7 Å². The molecule has 0 aliphatic heterocycles. The average Bonchev–Trinajstić information content (AvgIpc) is 0.812. The van der Waals surface area contributed by atoms with Gasteiger partial charge in [-0.25, -0.2) is 43.9 Å². The third-order valence-corrected chi connectivity index (χ3v) is 20.0. The Morgan fingerprint density at radius 1 is 0.182 bits per heavy atom. The number of hydrogen-bond acceptors (Lipinski definition) is 0. The van der Waals surface area contributed by atoms with Gasteiger partial charge in [0.05, 0.1) is 0 Å². The number of aryl methyl sites for hydroxylation is 11. The molecular weight excluding hydrogens is 1390 g/mol. The molecule has 0 N–H and O–H groups in total. The lowest BCUT2D eigenvalue weighted by Crippen LogP contribution is -2.08. The maximum atomic E-state index is 13.7. The molecule has 110 heavy (non-hydrogen) atoms. The van der Waals surface area contributed by atoms with Gasteiger partial charge in [0, 0.05) is 22.3 Å². The smallest absolute Gasteiger partial charge is 0.131 e. The molecule has 0 unspecified atom stereocenters. The molecule has 622 valence electrons. The zero-order chi connectivity index (χ0) is 78.5. The van der Waals surface area contributed by atoms with Crippen LogP contribution >= 0.6 is 0 Å². The lowest BCUT2D eigenvalue weighted by molar-refractivity contribution is 0.308. The summed E-state index contributed by atoms with van der Waals surface area (Å²) in [5.41, 5.74) is 10.2. The van der Waals surface area contributed by atoms with Crippen molar-refractivity contribution in [1.29, 1.82) is 0 Å². The van der Waals surface area contributed by atoms with Crippen molar-refractivity contribution < 1.29 is 43.9 Å². The summed E-state index contributed by atoms with van der Waals surface area (Å²) >= 11 is 0. The predicted molar refractivity (Wildman–Crippen MR) is 464 cm³/mol. The van der Waals surface area contributed by atoms with Crippen LogP contribution in [-0.4, -0.2) is 0 Å². The summed E-state index contributed by atoms with van der Waals surface area (Å²) in [5, 5.41) is 0. The second kappa shape index (κ2) is 58.9. The summed E-state index contributed by atoms with van der Waals surface area (Å²) in [7, 11) is 0. The van der Waals surface area contributed by atoms with Gasteiger partial charge in [-0.15, -0.1) is 0 Å². The largest absolute Gasteiger partial charge is 0.207 e. The third kappa shape index (κ3) is 46.8. The zero-order valence-corrected chi connectivity index (χ0v) is 67.4. The maximum absolute atomic E-state index is 13.7. The predicted octanol–water partition coefficient (Wildman–Crippen LogP) is 34.3. The topological polar surface area (TPSA) is 0 Å². The molecule has 0 atom stereocenters. The molecule has 4 aliphatic carbocycles. The van der Waals surface area contributed by atoms with Crippen molar-refractivity contribution in [1.82, 2.24) is 0 Å². The minimum absolute atomic E-state index is 0. The molecule has 0 heterocycles. The van der Waals surface area contributed by atoms with Crippen LogP contribution in [0.4, 0.5) is 43.9 Å². The van der Waals surface area contributed by atoms with Crippen LogP contribution in [0.2, 0.25) is 0 Å². The van der Waals surface area contributed by atoms with Crippen LogP contribution in [0.25, 0.3) is 11.1 Å². The van der Waals surface area contributed by atoms with Crippen LogP contribution in [-0.2, 0) is 0 Å². The van der Waals surface area contributed by atoms with Crippen molar-refractivity contribution in [2.45, 2.75) is 300 Å². The molecular formula is C100H152F10. The first-order chi connectivity index (χ1) is 48.7. The molecule has 12 rings (SSSR count). The highest BCUT2D eigenvalue weighted by Crippen LogP contribution is 2.31. The molecule has 0 bridgehead atoms. The van der Waals surface area contributed by atoms with Crippen LogP contribution in [0, 0.1) is 202 Å². The highest BCUT2D eigenvalue weighted by Gasteiger charge is 2.17. The first kappa shape index (κ1) is 112. The van der Waals surface area contributed by atoms with Gasteiger partial charge in [0.2, 0.25) is 0 Å². The molecule has 0 saturated heterocycles. The van der Waals surface area contributed by atoms with Crippen molar-refractivity contribution in [3.05, 3.63) is 270 Å². The van der Waals surface area contributed by atoms with E-state index in [0.29, 0.717) is 27.8 Å². The molecule has 8 aromatic carbocycles. The fraction of sp³-hybridized carbons (Fsp3) is 0.520. The molecule has 0 nitrogen and oxygen atoms in total. The van der Waals surface area contributed by atoms with Gasteiger partial charge >= 0.3 is 0 Å². The lowest BCUT2D eigenvalue weighted by atomic mass is 9.84. The van der Waals surface area contributed by atoms with Crippen LogP contribution in [0.15, 0.2) is 133 Å². The minimum atomic E-state index is -0.667. The van der Waals surface area contributed by atoms with E-state index in [2.05, 4.69) is 93.5 Å². The van der Waals surface area contributed by atoms with Crippen molar-refractivity contribution in [3.63, 3.8) is 0 Å². The third-order valence-electron chi connectivity index (χ3n) is 20.0. The molecule has 10 heteroatoms. The second-order valence-corrected chi connectivity index (χ2v) is 31.1. The highest BCUT2D eigenvalue weighted by atomic mass is 19.2. The monoisotopic (exact) mass is 1540 g/mol. The van der Waals surface area contributed by atoms with E-state index in [1.165, 1.54) is 189 Å². The molecule has 8 aromatic rings. The van der Waals surface area contributed by atoms with E-state index in [1.807, 2.05) is 39.0 Å². The standard InChI is InChI=1S/C14H11F3.2C8H8F2.3C8H9F.4C8H16.C8H10.6CH4/c1-8-3-4-11(14(17)5-8)10-6-12(15)9(2)13(16)7-10;2*1-5-3-7(9)6(2)8(10)4-5;3*1-6-3-4-7(2)8(9)5-6;5*1-7-3-5-8(2)6-4-7;;;;;;/h3-7H,1-2H3;2*3-4H,1-2H3;3*3-5H,1-2H3;4*7-8H,3-6H2,1-2H3;3-6H,1-2H3;6*1H4. The Morgan fingerprint density at radius 2 is 0.336 bits per heavy atom. The van der Waals surface area contributed by atoms with E-state index in [-0.39, 0.29) is 89.8 Å². The van der Waals surface area contributed by atoms with Gasteiger partial charge in [0.25, 0.3) is 0 Å². The fourth-order valence-electron chi connectivity index (χ4n) is 11.6. The Morgan fingerprint density at radius 3 is 0.509 bits per heavy atom. The molecule has 4 saturated carbocycles. The first-order valence-electron chi connectivity index (χ1n) is 38.0. The van der Waals surface area contributed by atoms with Crippen LogP contribution < -0.4 is 0 Å². The van der Waals surface area contributed by atoms with E-state index >= 15 is 0 Å². The molecule has 0 radical (unpaired) electrons. The van der Waals surface area contributed by atoms with Gasteiger partial charge < -0.3 is 0 Å². The van der Waals surface area contributed by atoms with Crippen LogP contribution in [0.3, 0.4) is 0 Å². The Bertz CT molecular complexity index is 3340. The van der Waals surface area contributed by atoms with E-state index < -0.39 is 40.7 Å². The summed E-state index contributed by atoms with van der Waals surface area (Å²) in [6.07, 6.45) is 23.6. The summed E-state index contributed by atoms with van der Waals surface area (Å²) in [5.74, 6) is 4.10. The minimum Gasteiger partial charge on any atom is -0.207 e. The Kier molecular flexibility index (Phi) is 59.8. The van der Waals surface area contributed by atoms with E-state index in [4.69, 9.17) is 0 Å². The SMILES string of the molecule is C.C.C.C.C.C.CC1CCC(C)CC1.CC1CCC(C)CC1.CC1CCC(C)CC1.CC1CCC(C)CC1.Cc1cc(F)c(C)c(F)c1.Cc1cc(F)c(C)c(F)c1.Cc1ccc(-c2cc(F)c(C)c(F)c2)c(F)c1.Cc1ccc(C)c(F)c1.Cc1ccc(C)c(F)c1.Cc1ccc(C)c(F)c1.Cc1ccc(C)cc1. The van der Waals surface area contributed by atoms with Gasteiger partial charge in [-0.1, -0.05) is 287 Å².